The number of aromatic nitrogens is 3. The lowest BCUT2D eigenvalue weighted by Gasteiger charge is -2.09. The maximum absolute atomic E-state index is 4.46. The molecule has 0 amide bonds. The SMILES string of the molecule is c1cnc(-n2c(Sc3ccc4ccccc4c3)cc3ccccc32)nc1. The molecule has 2 heterocycles. The van der Waals surface area contributed by atoms with Crippen molar-refractivity contribution in [3.63, 3.8) is 0 Å². The Morgan fingerprint density at radius 2 is 1.38 bits per heavy atom. The molecule has 4 heteroatoms. The van der Waals surface area contributed by atoms with Gasteiger partial charge in [-0.25, -0.2) is 9.97 Å². The van der Waals surface area contributed by atoms with Crippen molar-refractivity contribution >= 4 is 33.4 Å². The van der Waals surface area contributed by atoms with Gasteiger partial charge in [-0.1, -0.05) is 60.3 Å². The van der Waals surface area contributed by atoms with E-state index in [0.29, 0.717) is 5.95 Å². The van der Waals surface area contributed by atoms with E-state index in [9.17, 15) is 0 Å². The molecule has 0 radical (unpaired) electrons. The fourth-order valence-electron chi connectivity index (χ4n) is 3.17. The minimum atomic E-state index is 0.692. The first-order valence-corrected chi connectivity index (χ1v) is 9.25. The van der Waals surface area contributed by atoms with Gasteiger partial charge in [-0.2, -0.15) is 0 Å². The zero-order chi connectivity index (χ0) is 17.3. The van der Waals surface area contributed by atoms with Crippen molar-refractivity contribution < 1.29 is 0 Å². The van der Waals surface area contributed by atoms with Crippen LogP contribution in [-0.2, 0) is 0 Å². The van der Waals surface area contributed by atoms with E-state index in [1.807, 2.05) is 12.1 Å². The number of rotatable bonds is 3. The van der Waals surface area contributed by atoms with Gasteiger partial charge in [0.2, 0.25) is 5.95 Å². The average Bonchev–Trinajstić information content (AvgIpc) is 3.06. The lowest BCUT2D eigenvalue weighted by Crippen LogP contribution is -2.00. The molecule has 5 rings (SSSR count). The number of fused-ring (bicyclic) bond motifs is 2. The highest BCUT2D eigenvalue weighted by atomic mass is 32.2. The third kappa shape index (κ3) is 2.65. The van der Waals surface area contributed by atoms with E-state index in [0.717, 1.165) is 10.5 Å². The summed E-state index contributed by atoms with van der Waals surface area (Å²) in [6.07, 6.45) is 3.56. The lowest BCUT2D eigenvalue weighted by atomic mass is 10.1. The predicted molar refractivity (Wildman–Crippen MR) is 107 cm³/mol. The molecule has 0 N–H and O–H groups in total. The Morgan fingerprint density at radius 3 is 2.23 bits per heavy atom. The van der Waals surface area contributed by atoms with Gasteiger partial charge < -0.3 is 0 Å². The number of hydrogen-bond acceptors (Lipinski definition) is 3. The zero-order valence-electron chi connectivity index (χ0n) is 13.9. The highest BCUT2D eigenvalue weighted by Crippen LogP contribution is 2.35. The van der Waals surface area contributed by atoms with Crippen LogP contribution in [0.4, 0.5) is 0 Å². The monoisotopic (exact) mass is 353 g/mol. The van der Waals surface area contributed by atoms with Gasteiger partial charge in [0, 0.05) is 22.7 Å². The Labute approximate surface area is 155 Å². The largest absolute Gasteiger partial charge is 0.272 e. The molecule has 3 aromatic carbocycles. The maximum atomic E-state index is 4.46. The normalized spacial score (nSPS) is 11.2. The minimum Gasteiger partial charge on any atom is -0.272 e. The number of hydrogen-bond donors (Lipinski definition) is 0. The van der Waals surface area contributed by atoms with Crippen LogP contribution in [0, 0.1) is 0 Å². The minimum absolute atomic E-state index is 0.692. The van der Waals surface area contributed by atoms with Crippen molar-refractivity contribution in [2.75, 3.05) is 0 Å². The molecule has 0 unspecified atom stereocenters. The van der Waals surface area contributed by atoms with Crippen molar-refractivity contribution in [3.05, 3.63) is 91.3 Å². The molecule has 0 aliphatic rings. The van der Waals surface area contributed by atoms with Crippen molar-refractivity contribution in [1.29, 1.82) is 0 Å². The second kappa shape index (κ2) is 6.32. The van der Waals surface area contributed by atoms with Crippen LogP contribution in [0.2, 0.25) is 0 Å². The summed E-state index contributed by atoms with van der Waals surface area (Å²) >= 11 is 1.73. The Hall–Kier alpha value is -3.11. The van der Waals surface area contributed by atoms with Crippen LogP contribution in [0.25, 0.3) is 27.6 Å². The van der Waals surface area contributed by atoms with Gasteiger partial charge in [0.15, 0.2) is 0 Å². The van der Waals surface area contributed by atoms with Crippen LogP contribution in [-0.4, -0.2) is 14.5 Å². The van der Waals surface area contributed by atoms with Gasteiger partial charge in [0.05, 0.1) is 10.5 Å². The van der Waals surface area contributed by atoms with Crippen LogP contribution in [0.1, 0.15) is 0 Å². The van der Waals surface area contributed by atoms with E-state index in [1.54, 1.807) is 24.2 Å². The Balaban J connectivity index is 1.66. The predicted octanol–water partition coefficient (Wildman–Crippen LogP) is 5.72. The summed E-state index contributed by atoms with van der Waals surface area (Å²) in [7, 11) is 0. The Bertz CT molecular complexity index is 1210. The van der Waals surface area contributed by atoms with Crippen molar-refractivity contribution in [3.8, 4) is 5.95 Å². The molecule has 0 aliphatic carbocycles. The van der Waals surface area contributed by atoms with Gasteiger partial charge in [0.1, 0.15) is 0 Å². The number of benzene rings is 3. The standard InChI is InChI=1S/C22H15N3S/c1-2-7-17-14-19(11-10-16(17)6-1)26-21-15-18-8-3-4-9-20(18)25(21)22-23-12-5-13-24-22/h1-15H. The molecule has 5 aromatic rings. The number of nitrogens with zero attached hydrogens (tertiary/aromatic N) is 3. The van der Waals surface area contributed by atoms with E-state index in [1.165, 1.54) is 21.1 Å². The molecule has 0 spiro atoms. The van der Waals surface area contributed by atoms with Gasteiger partial charge in [-0.3, -0.25) is 4.57 Å². The van der Waals surface area contributed by atoms with E-state index >= 15 is 0 Å². The van der Waals surface area contributed by atoms with Crippen molar-refractivity contribution in [2.45, 2.75) is 9.92 Å². The van der Waals surface area contributed by atoms with Crippen molar-refractivity contribution in [1.82, 2.24) is 14.5 Å². The summed E-state index contributed by atoms with van der Waals surface area (Å²) in [6.45, 7) is 0. The highest BCUT2D eigenvalue weighted by molar-refractivity contribution is 7.99. The molecular formula is C22H15N3S. The van der Waals surface area contributed by atoms with E-state index in [2.05, 4.69) is 81.3 Å². The summed E-state index contributed by atoms with van der Waals surface area (Å²) < 4.78 is 2.12. The third-order valence-electron chi connectivity index (χ3n) is 4.37. The van der Waals surface area contributed by atoms with Crippen LogP contribution >= 0.6 is 11.8 Å². The Morgan fingerprint density at radius 1 is 0.654 bits per heavy atom. The number of para-hydroxylation sites is 1. The molecule has 0 saturated heterocycles. The molecule has 26 heavy (non-hydrogen) atoms. The first kappa shape index (κ1) is 15.2. The second-order valence-corrected chi connectivity index (χ2v) is 7.13. The van der Waals surface area contributed by atoms with Crippen LogP contribution < -0.4 is 0 Å². The fraction of sp³-hybridized carbons (Fsp3) is 0. The summed E-state index contributed by atoms with van der Waals surface area (Å²) in [4.78, 5) is 10.1. The third-order valence-corrected chi connectivity index (χ3v) is 5.37. The summed E-state index contributed by atoms with van der Waals surface area (Å²) in [5.74, 6) is 0.692. The highest BCUT2D eigenvalue weighted by Gasteiger charge is 2.13. The summed E-state index contributed by atoms with van der Waals surface area (Å²) in [5.41, 5.74) is 1.11. The quantitative estimate of drug-likeness (QED) is 0.415. The van der Waals surface area contributed by atoms with Crippen molar-refractivity contribution in [2.24, 2.45) is 0 Å². The molecule has 0 bridgehead atoms. The molecule has 124 valence electrons. The molecule has 0 aliphatic heterocycles. The van der Waals surface area contributed by atoms with Gasteiger partial charge in [0.25, 0.3) is 0 Å². The maximum Gasteiger partial charge on any atom is 0.234 e. The van der Waals surface area contributed by atoms with Crippen LogP contribution in [0.15, 0.2) is 101 Å². The molecule has 3 nitrogen and oxygen atoms in total. The molecule has 0 saturated carbocycles. The fourth-order valence-corrected chi connectivity index (χ4v) is 4.19. The zero-order valence-corrected chi connectivity index (χ0v) is 14.7. The summed E-state index contributed by atoms with van der Waals surface area (Å²) in [6, 6.07) is 27.4. The van der Waals surface area contributed by atoms with E-state index in [-0.39, 0.29) is 0 Å². The lowest BCUT2D eigenvalue weighted by molar-refractivity contribution is 0.887. The van der Waals surface area contributed by atoms with E-state index < -0.39 is 0 Å². The van der Waals surface area contributed by atoms with Gasteiger partial charge in [-0.15, -0.1) is 0 Å². The first-order chi connectivity index (χ1) is 12.9. The second-order valence-electron chi connectivity index (χ2n) is 6.04. The van der Waals surface area contributed by atoms with Crippen LogP contribution in [0.5, 0.6) is 0 Å². The molecule has 0 fully saturated rings. The Kier molecular flexibility index (Phi) is 3.68. The molecule has 0 atom stereocenters. The molecular weight excluding hydrogens is 338 g/mol. The van der Waals surface area contributed by atoms with Gasteiger partial charge in [-0.05, 0) is 41.1 Å². The average molecular weight is 353 g/mol. The summed E-state index contributed by atoms with van der Waals surface area (Å²) in [5, 5.41) is 4.79. The van der Waals surface area contributed by atoms with E-state index in [4.69, 9.17) is 0 Å². The van der Waals surface area contributed by atoms with Gasteiger partial charge >= 0.3 is 0 Å². The topological polar surface area (TPSA) is 30.7 Å². The first-order valence-electron chi connectivity index (χ1n) is 8.43. The smallest absolute Gasteiger partial charge is 0.234 e. The van der Waals surface area contributed by atoms with Crippen LogP contribution in [0.3, 0.4) is 0 Å². The molecule has 2 aromatic heterocycles.